The van der Waals surface area contributed by atoms with Crippen LogP contribution >= 0.6 is 0 Å². The fourth-order valence-corrected chi connectivity index (χ4v) is 1.69. The van der Waals surface area contributed by atoms with Gasteiger partial charge in [-0.05, 0) is 24.7 Å². The Balaban J connectivity index is 2.08. The van der Waals surface area contributed by atoms with Gasteiger partial charge in [0.25, 0.3) is 0 Å². The molecular formula is C12H14FNO3. The molecule has 1 unspecified atom stereocenters. The molecule has 5 heteroatoms. The van der Waals surface area contributed by atoms with Crippen molar-refractivity contribution in [3.8, 4) is 5.75 Å². The third-order valence-corrected chi connectivity index (χ3v) is 2.53. The number of nitrogens with one attached hydrogen (secondary N) is 1. The van der Waals surface area contributed by atoms with Crippen LogP contribution in [0.2, 0.25) is 0 Å². The fourth-order valence-electron chi connectivity index (χ4n) is 1.69. The van der Waals surface area contributed by atoms with Gasteiger partial charge in [0.15, 0.2) is 17.7 Å². The normalized spacial score (nSPS) is 19.2. The molecule has 1 saturated heterocycles. The van der Waals surface area contributed by atoms with Crippen molar-refractivity contribution in [1.29, 1.82) is 0 Å². The first-order valence-electron chi connectivity index (χ1n) is 5.47. The molecule has 1 fully saturated rings. The zero-order valence-electron chi connectivity index (χ0n) is 9.53. The summed E-state index contributed by atoms with van der Waals surface area (Å²) in [5.41, 5.74) is 0.825. The third kappa shape index (κ3) is 2.74. The Hall–Kier alpha value is -1.62. The average Bonchev–Trinajstić information content (AvgIpc) is 2.69. The number of ether oxygens (including phenoxy) is 2. The van der Waals surface area contributed by atoms with E-state index in [2.05, 4.69) is 5.32 Å². The highest BCUT2D eigenvalue weighted by atomic mass is 19.1. The molecule has 1 aliphatic rings. The van der Waals surface area contributed by atoms with Crippen LogP contribution in [0.15, 0.2) is 18.2 Å². The highest BCUT2D eigenvalue weighted by molar-refractivity contribution is 5.76. The first kappa shape index (κ1) is 11.9. The van der Waals surface area contributed by atoms with Crippen molar-refractivity contribution in [2.45, 2.75) is 19.1 Å². The van der Waals surface area contributed by atoms with Gasteiger partial charge < -0.3 is 14.8 Å². The number of rotatable bonds is 4. The van der Waals surface area contributed by atoms with E-state index >= 15 is 0 Å². The monoisotopic (exact) mass is 239 g/mol. The highest BCUT2D eigenvalue weighted by Gasteiger charge is 2.29. The van der Waals surface area contributed by atoms with Gasteiger partial charge in [0, 0.05) is 13.0 Å². The van der Waals surface area contributed by atoms with Crippen LogP contribution in [0.25, 0.3) is 0 Å². The number of carbonyl (C=O) groups is 1. The van der Waals surface area contributed by atoms with Gasteiger partial charge in [0.05, 0.1) is 6.61 Å². The lowest BCUT2D eigenvalue weighted by Crippen LogP contribution is -2.22. The predicted molar refractivity (Wildman–Crippen MR) is 59.2 cm³/mol. The van der Waals surface area contributed by atoms with E-state index in [1.807, 2.05) is 0 Å². The number of halogens is 1. The van der Waals surface area contributed by atoms with Crippen molar-refractivity contribution in [2.24, 2.45) is 0 Å². The Morgan fingerprint density at radius 1 is 1.59 bits per heavy atom. The summed E-state index contributed by atoms with van der Waals surface area (Å²) in [6, 6.07) is 4.69. The molecule has 1 N–H and O–H groups in total. The Labute approximate surface area is 98.7 Å². The highest BCUT2D eigenvalue weighted by Crippen LogP contribution is 2.22. The molecule has 2 rings (SSSR count). The summed E-state index contributed by atoms with van der Waals surface area (Å²) in [6.07, 6.45) is -0.212. The van der Waals surface area contributed by atoms with Crippen LogP contribution in [0.3, 0.4) is 0 Å². The van der Waals surface area contributed by atoms with E-state index in [1.54, 1.807) is 13.1 Å². The Bertz CT molecular complexity index is 422. The van der Waals surface area contributed by atoms with Crippen LogP contribution in [0.1, 0.15) is 12.0 Å². The Morgan fingerprint density at radius 3 is 3.00 bits per heavy atom. The second-order valence-corrected chi connectivity index (χ2v) is 3.86. The number of cyclic esters (lactones) is 1. The van der Waals surface area contributed by atoms with Crippen LogP contribution < -0.4 is 10.1 Å². The summed E-state index contributed by atoms with van der Waals surface area (Å²) in [7, 11) is 1.79. The van der Waals surface area contributed by atoms with Crippen molar-refractivity contribution in [3.05, 3.63) is 29.6 Å². The summed E-state index contributed by atoms with van der Waals surface area (Å²) in [5, 5.41) is 2.93. The van der Waals surface area contributed by atoms with E-state index in [4.69, 9.17) is 9.47 Å². The summed E-state index contributed by atoms with van der Waals surface area (Å²) in [6.45, 7) is 0.922. The summed E-state index contributed by atoms with van der Waals surface area (Å²) < 4.78 is 23.7. The number of carbonyl (C=O) groups excluding carboxylic acids is 1. The molecular weight excluding hydrogens is 225 g/mol. The Kier molecular flexibility index (Phi) is 3.58. The number of hydrogen-bond donors (Lipinski definition) is 1. The van der Waals surface area contributed by atoms with Crippen LogP contribution in [0.5, 0.6) is 5.75 Å². The first-order chi connectivity index (χ1) is 8.20. The van der Waals surface area contributed by atoms with Crippen molar-refractivity contribution < 1.29 is 18.7 Å². The molecule has 1 heterocycles. The van der Waals surface area contributed by atoms with E-state index < -0.39 is 17.9 Å². The van der Waals surface area contributed by atoms with Crippen LogP contribution in [-0.4, -0.2) is 25.7 Å². The zero-order chi connectivity index (χ0) is 12.3. The van der Waals surface area contributed by atoms with Gasteiger partial charge in [-0.2, -0.15) is 0 Å². The van der Waals surface area contributed by atoms with E-state index in [0.717, 1.165) is 5.56 Å². The van der Waals surface area contributed by atoms with Crippen LogP contribution in [-0.2, 0) is 16.1 Å². The van der Waals surface area contributed by atoms with Crippen LogP contribution in [0.4, 0.5) is 4.39 Å². The summed E-state index contributed by atoms with van der Waals surface area (Å²) in [5.74, 6) is -0.796. The van der Waals surface area contributed by atoms with Crippen molar-refractivity contribution in [2.75, 3.05) is 13.7 Å². The summed E-state index contributed by atoms with van der Waals surface area (Å²) >= 11 is 0. The Morgan fingerprint density at radius 2 is 2.41 bits per heavy atom. The lowest BCUT2D eigenvalue weighted by Gasteiger charge is -2.11. The first-order valence-corrected chi connectivity index (χ1v) is 5.47. The molecule has 0 aromatic heterocycles. The lowest BCUT2D eigenvalue weighted by atomic mass is 10.2. The van der Waals surface area contributed by atoms with Gasteiger partial charge in [0.2, 0.25) is 0 Å². The molecule has 0 aliphatic carbocycles. The molecule has 1 aliphatic heterocycles. The molecule has 17 heavy (non-hydrogen) atoms. The molecule has 1 atom stereocenters. The van der Waals surface area contributed by atoms with Gasteiger partial charge >= 0.3 is 5.97 Å². The topological polar surface area (TPSA) is 47.6 Å². The smallest absolute Gasteiger partial charge is 0.347 e. The number of esters is 1. The molecule has 0 radical (unpaired) electrons. The van der Waals surface area contributed by atoms with Gasteiger partial charge in [0.1, 0.15) is 0 Å². The third-order valence-electron chi connectivity index (χ3n) is 2.53. The number of hydrogen-bond acceptors (Lipinski definition) is 4. The molecule has 0 bridgehead atoms. The van der Waals surface area contributed by atoms with E-state index in [0.29, 0.717) is 19.6 Å². The second kappa shape index (κ2) is 5.14. The molecule has 92 valence electrons. The van der Waals surface area contributed by atoms with Gasteiger partial charge in [-0.1, -0.05) is 6.07 Å². The molecule has 4 nitrogen and oxygen atoms in total. The van der Waals surface area contributed by atoms with Crippen molar-refractivity contribution >= 4 is 5.97 Å². The molecule has 0 saturated carbocycles. The maximum atomic E-state index is 13.6. The van der Waals surface area contributed by atoms with Gasteiger partial charge in [-0.3, -0.25) is 0 Å². The zero-order valence-corrected chi connectivity index (χ0v) is 9.53. The largest absolute Gasteiger partial charge is 0.476 e. The maximum Gasteiger partial charge on any atom is 0.347 e. The molecule has 1 aromatic rings. The van der Waals surface area contributed by atoms with Gasteiger partial charge in [-0.15, -0.1) is 0 Å². The molecule has 1 aromatic carbocycles. The standard InChI is InChI=1S/C12H14FNO3/c1-14-7-8-2-3-10(9(13)6-8)17-11-4-5-16-12(11)15/h2-3,6,11,14H,4-5,7H2,1H3. The SMILES string of the molecule is CNCc1ccc(OC2CCOC2=O)c(F)c1. The minimum Gasteiger partial charge on any atom is -0.476 e. The van der Waals surface area contributed by atoms with E-state index in [-0.39, 0.29) is 5.75 Å². The minimum atomic E-state index is -0.681. The maximum absolute atomic E-state index is 13.6. The van der Waals surface area contributed by atoms with E-state index in [9.17, 15) is 9.18 Å². The average molecular weight is 239 g/mol. The van der Waals surface area contributed by atoms with Gasteiger partial charge in [-0.25, -0.2) is 9.18 Å². The number of benzene rings is 1. The van der Waals surface area contributed by atoms with Crippen LogP contribution in [0, 0.1) is 5.82 Å². The van der Waals surface area contributed by atoms with Crippen molar-refractivity contribution in [3.63, 3.8) is 0 Å². The predicted octanol–water partition coefficient (Wildman–Crippen LogP) is 1.24. The molecule has 0 spiro atoms. The fraction of sp³-hybridized carbons (Fsp3) is 0.417. The molecule has 0 amide bonds. The summed E-state index contributed by atoms with van der Waals surface area (Å²) in [4.78, 5) is 11.2. The van der Waals surface area contributed by atoms with Crippen molar-refractivity contribution in [1.82, 2.24) is 5.32 Å². The second-order valence-electron chi connectivity index (χ2n) is 3.86. The lowest BCUT2D eigenvalue weighted by molar-refractivity contribution is -0.143. The quantitative estimate of drug-likeness (QED) is 0.803. The van der Waals surface area contributed by atoms with E-state index in [1.165, 1.54) is 12.1 Å². The minimum absolute atomic E-state index is 0.0914.